The third-order valence-corrected chi connectivity index (χ3v) is 5.23. The summed E-state index contributed by atoms with van der Waals surface area (Å²) in [5.41, 5.74) is 1.03. The number of ether oxygens (including phenoxy) is 1. The summed E-state index contributed by atoms with van der Waals surface area (Å²) in [5, 5.41) is 3.01. The number of likely N-dealkylation sites (tertiary alicyclic amines) is 1. The number of nitrogens with zero attached hydrogens (tertiary/aromatic N) is 1. The van der Waals surface area contributed by atoms with Gasteiger partial charge in [0.1, 0.15) is 11.8 Å². The first-order chi connectivity index (χ1) is 12.2. The number of carbonyl (C=O) groups excluding carboxylic acids is 2. The molecule has 136 valence electrons. The molecule has 0 spiro atoms. The van der Waals surface area contributed by atoms with Gasteiger partial charge < -0.3 is 15.0 Å². The molecule has 5 nitrogen and oxygen atoms in total. The Labute approximate surface area is 149 Å². The van der Waals surface area contributed by atoms with Gasteiger partial charge in [0, 0.05) is 19.0 Å². The quantitative estimate of drug-likeness (QED) is 0.863. The number of nitrogens with one attached hydrogen (secondary N) is 1. The van der Waals surface area contributed by atoms with Crippen molar-refractivity contribution in [3.05, 3.63) is 29.8 Å². The number of benzene rings is 1. The van der Waals surface area contributed by atoms with E-state index in [0.717, 1.165) is 37.0 Å². The molecule has 0 bridgehead atoms. The third-order valence-electron chi connectivity index (χ3n) is 5.23. The van der Waals surface area contributed by atoms with E-state index in [1.807, 2.05) is 36.1 Å². The second-order valence-electron chi connectivity index (χ2n) is 6.94. The molecule has 2 amide bonds. The topological polar surface area (TPSA) is 58.6 Å². The van der Waals surface area contributed by atoms with E-state index in [2.05, 4.69) is 5.32 Å². The van der Waals surface area contributed by atoms with Gasteiger partial charge in [0.15, 0.2) is 0 Å². The SMILES string of the molecule is CCOc1ccc(CNC(=O)C2CCC(=O)N2C2CCCCC2)cc1. The van der Waals surface area contributed by atoms with Crippen molar-refractivity contribution < 1.29 is 14.3 Å². The second-order valence-corrected chi connectivity index (χ2v) is 6.94. The summed E-state index contributed by atoms with van der Waals surface area (Å²) in [7, 11) is 0. The van der Waals surface area contributed by atoms with E-state index in [4.69, 9.17) is 4.74 Å². The summed E-state index contributed by atoms with van der Waals surface area (Å²) in [4.78, 5) is 26.8. The molecule has 1 aromatic carbocycles. The maximum Gasteiger partial charge on any atom is 0.243 e. The molecular weight excluding hydrogens is 316 g/mol. The molecule has 1 aliphatic carbocycles. The Morgan fingerprint density at radius 1 is 1.16 bits per heavy atom. The van der Waals surface area contributed by atoms with Gasteiger partial charge in [0.05, 0.1) is 6.61 Å². The molecule has 5 heteroatoms. The molecule has 1 aliphatic heterocycles. The molecule has 3 rings (SSSR count). The van der Waals surface area contributed by atoms with Crippen molar-refractivity contribution in [3.8, 4) is 5.75 Å². The minimum absolute atomic E-state index is 0.0229. The van der Waals surface area contributed by atoms with E-state index in [9.17, 15) is 9.59 Å². The summed E-state index contributed by atoms with van der Waals surface area (Å²) in [6.45, 7) is 3.08. The molecule has 1 saturated carbocycles. The highest BCUT2D eigenvalue weighted by Crippen LogP contribution is 2.30. The molecule has 1 atom stereocenters. The monoisotopic (exact) mass is 344 g/mol. The highest BCUT2D eigenvalue weighted by Gasteiger charge is 2.40. The fraction of sp³-hybridized carbons (Fsp3) is 0.600. The van der Waals surface area contributed by atoms with Crippen molar-refractivity contribution >= 4 is 11.8 Å². The van der Waals surface area contributed by atoms with Gasteiger partial charge in [-0.1, -0.05) is 31.4 Å². The summed E-state index contributed by atoms with van der Waals surface area (Å²) in [6.07, 6.45) is 6.78. The lowest BCUT2D eigenvalue weighted by molar-refractivity contribution is -0.138. The molecule has 1 unspecified atom stereocenters. The highest BCUT2D eigenvalue weighted by atomic mass is 16.5. The Balaban J connectivity index is 1.56. The molecule has 0 aromatic heterocycles. The minimum atomic E-state index is -0.293. The van der Waals surface area contributed by atoms with Crippen molar-refractivity contribution in [2.75, 3.05) is 6.61 Å². The first-order valence-corrected chi connectivity index (χ1v) is 9.49. The summed E-state index contributed by atoms with van der Waals surface area (Å²) >= 11 is 0. The van der Waals surface area contributed by atoms with Gasteiger partial charge in [-0.05, 0) is 43.9 Å². The van der Waals surface area contributed by atoms with Crippen LogP contribution in [-0.2, 0) is 16.1 Å². The van der Waals surface area contributed by atoms with E-state index in [1.54, 1.807) is 0 Å². The number of hydrogen-bond acceptors (Lipinski definition) is 3. The Kier molecular flexibility index (Phi) is 5.95. The molecule has 1 aromatic rings. The van der Waals surface area contributed by atoms with E-state index in [-0.39, 0.29) is 23.9 Å². The van der Waals surface area contributed by atoms with Crippen molar-refractivity contribution in [1.29, 1.82) is 0 Å². The predicted octanol–water partition coefficient (Wildman–Crippen LogP) is 3.03. The molecule has 25 heavy (non-hydrogen) atoms. The largest absolute Gasteiger partial charge is 0.494 e. The lowest BCUT2D eigenvalue weighted by Gasteiger charge is -2.35. The van der Waals surface area contributed by atoms with Crippen LogP contribution in [0.15, 0.2) is 24.3 Å². The zero-order chi connectivity index (χ0) is 17.6. The van der Waals surface area contributed by atoms with Crippen LogP contribution in [0.3, 0.4) is 0 Å². The second kappa shape index (κ2) is 8.37. The van der Waals surface area contributed by atoms with Gasteiger partial charge in [0.25, 0.3) is 0 Å². The number of carbonyl (C=O) groups is 2. The third kappa shape index (κ3) is 4.33. The van der Waals surface area contributed by atoms with Gasteiger partial charge in [0.2, 0.25) is 11.8 Å². The first-order valence-electron chi connectivity index (χ1n) is 9.49. The van der Waals surface area contributed by atoms with Crippen molar-refractivity contribution in [3.63, 3.8) is 0 Å². The van der Waals surface area contributed by atoms with Crippen LogP contribution in [0.4, 0.5) is 0 Å². The van der Waals surface area contributed by atoms with Crippen LogP contribution < -0.4 is 10.1 Å². The van der Waals surface area contributed by atoms with Crippen LogP contribution >= 0.6 is 0 Å². The van der Waals surface area contributed by atoms with Crippen LogP contribution in [-0.4, -0.2) is 35.4 Å². The zero-order valence-corrected chi connectivity index (χ0v) is 15.0. The molecule has 2 aliphatic rings. The van der Waals surface area contributed by atoms with Crippen LogP contribution in [0, 0.1) is 0 Å². The lowest BCUT2D eigenvalue weighted by Crippen LogP contribution is -2.49. The van der Waals surface area contributed by atoms with Gasteiger partial charge >= 0.3 is 0 Å². The Morgan fingerprint density at radius 3 is 2.56 bits per heavy atom. The lowest BCUT2D eigenvalue weighted by atomic mass is 9.93. The van der Waals surface area contributed by atoms with E-state index in [1.165, 1.54) is 6.42 Å². The number of hydrogen-bond donors (Lipinski definition) is 1. The Hall–Kier alpha value is -2.04. The Bertz CT molecular complexity index is 593. The summed E-state index contributed by atoms with van der Waals surface area (Å²) in [6, 6.07) is 7.72. The number of amides is 2. The van der Waals surface area contributed by atoms with Crippen LogP contribution in [0.1, 0.15) is 57.4 Å². The average molecular weight is 344 g/mol. The van der Waals surface area contributed by atoms with Gasteiger partial charge in [-0.2, -0.15) is 0 Å². The van der Waals surface area contributed by atoms with Gasteiger partial charge in [-0.15, -0.1) is 0 Å². The van der Waals surface area contributed by atoms with E-state index in [0.29, 0.717) is 26.0 Å². The van der Waals surface area contributed by atoms with Crippen LogP contribution in [0.25, 0.3) is 0 Å². The standard InChI is InChI=1S/C20H28N2O3/c1-2-25-17-10-8-15(9-11-17)14-21-20(24)18-12-13-19(23)22(18)16-6-4-3-5-7-16/h8-11,16,18H,2-7,12-14H2,1H3,(H,21,24). The summed E-state index contributed by atoms with van der Waals surface area (Å²) in [5.74, 6) is 0.959. The maximum atomic E-state index is 12.7. The van der Waals surface area contributed by atoms with E-state index < -0.39 is 0 Å². The average Bonchev–Trinajstić information content (AvgIpc) is 3.03. The number of rotatable bonds is 6. The first kappa shape index (κ1) is 17.8. The van der Waals surface area contributed by atoms with Gasteiger partial charge in [-0.3, -0.25) is 9.59 Å². The van der Waals surface area contributed by atoms with Crippen molar-refractivity contribution in [2.24, 2.45) is 0 Å². The normalized spacial score (nSPS) is 21.4. The predicted molar refractivity (Wildman–Crippen MR) is 96.2 cm³/mol. The molecule has 1 heterocycles. The molecule has 1 saturated heterocycles. The molecular formula is C20H28N2O3. The molecule has 1 N–H and O–H groups in total. The van der Waals surface area contributed by atoms with E-state index >= 15 is 0 Å². The Morgan fingerprint density at radius 2 is 1.88 bits per heavy atom. The minimum Gasteiger partial charge on any atom is -0.494 e. The highest BCUT2D eigenvalue weighted by molar-refractivity contribution is 5.91. The molecule has 2 fully saturated rings. The maximum absolute atomic E-state index is 12.7. The smallest absolute Gasteiger partial charge is 0.243 e. The summed E-state index contributed by atoms with van der Waals surface area (Å²) < 4.78 is 5.43. The zero-order valence-electron chi connectivity index (χ0n) is 15.0. The fourth-order valence-corrected chi connectivity index (χ4v) is 3.95. The van der Waals surface area contributed by atoms with Crippen LogP contribution in [0.5, 0.6) is 5.75 Å². The molecule has 0 radical (unpaired) electrons. The van der Waals surface area contributed by atoms with Gasteiger partial charge in [-0.25, -0.2) is 0 Å². The van der Waals surface area contributed by atoms with Crippen LogP contribution in [0.2, 0.25) is 0 Å². The van der Waals surface area contributed by atoms with Crippen molar-refractivity contribution in [2.45, 2.75) is 70.5 Å². The van der Waals surface area contributed by atoms with Crippen molar-refractivity contribution in [1.82, 2.24) is 10.2 Å². The fourth-order valence-electron chi connectivity index (χ4n) is 3.95.